The number of nitrogens with one attached hydrogen (secondary N) is 3. The molecule has 0 radical (unpaired) electrons. The lowest BCUT2D eigenvalue weighted by atomic mass is 10.1. The first-order valence-corrected chi connectivity index (χ1v) is 6.77. The molecule has 1 aromatic rings. The molecule has 0 aromatic heterocycles. The lowest BCUT2D eigenvalue weighted by molar-refractivity contribution is -0.121. The first-order valence-electron chi connectivity index (χ1n) is 6.40. The Morgan fingerprint density at radius 3 is 2.45 bits per heavy atom. The zero-order valence-electron chi connectivity index (χ0n) is 12.1. The van der Waals surface area contributed by atoms with Crippen LogP contribution in [0.3, 0.4) is 0 Å². The number of hydrogen-bond acceptors (Lipinski definition) is 3. The van der Waals surface area contributed by atoms with E-state index in [-0.39, 0.29) is 11.8 Å². The SMILES string of the molecule is CCC(=O)Nc1ccc(Cl)c(NC(=O)C(C)(C)NC)c1. The molecule has 110 valence electrons. The Morgan fingerprint density at radius 1 is 1.25 bits per heavy atom. The van der Waals surface area contributed by atoms with Crippen molar-refractivity contribution in [1.82, 2.24) is 5.32 Å². The smallest absolute Gasteiger partial charge is 0.244 e. The minimum atomic E-state index is -0.716. The van der Waals surface area contributed by atoms with E-state index in [1.54, 1.807) is 46.0 Å². The van der Waals surface area contributed by atoms with Crippen molar-refractivity contribution in [3.63, 3.8) is 0 Å². The van der Waals surface area contributed by atoms with E-state index in [4.69, 9.17) is 11.6 Å². The van der Waals surface area contributed by atoms with E-state index in [1.807, 2.05) is 0 Å². The van der Waals surface area contributed by atoms with Gasteiger partial charge in [-0.2, -0.15) is 0 Å². The maximum atomic E-state index is 12.1. The van der Waals surface area contributed by atoms with Gasteiger partial charge in [0.15, 0.2) is 0 Å². The minimum Gasteiger partial charge on any atom is -0.326 e. The van der Waals surface area contributed by atoms with Crippen molar-refractivity contribution >= 4 is 34.8 Å². The Balaban J connectivity index is 2.92. The van der Waals surface area contributed by atoms with Crippen molar-refractivity contribution in [1.29, 1.82) is 0 Å². The van der Waals surface area contributed by atoms with Gasteiger partial charge in [0.25, 0.3) is 0 Å². The van der Waals surface area contributed by atoms with E-state index in [0.717, 1.165) is 0 Å². The Hall–Kier alpha value is -1.59. The van der Waals surface area contributed by atoms with Crippen LogP contribution >= 0.6 is 11.6 Å². The van der Waals surface area contributed by atoms with Gasteiger partial charge in [0.2, 0.25) is 11.8 Å². The molecule has 1 aromatic carbocycles. The highest BCUT2D eigenvalue weighted by atomic mass is 35.5. The molecule has 0 heterocycles. The quantitative estimate of drug-likeness (QED) is 0.782. The topological polar surface area (TPSA) is 70.2 Å². The van der Waals surface area contributed by atoms with Gasteiger partial charge in [-0.25, -0.2) is 0 Å². The summed E-state index contributed by atoms with van der Waals surface area (Å²) < 4.78 is 0. The van der Waals surface area contributed by atoms with Gasteiger partial charge in [-0.15, -0.1) is 0 Å². The average Bonchev–Trinajstić information content (AvgIpc) is 2.42. The van der Waals surface area contributed by atoms with Gasteiger partial charge in [0.1, 0.15) is 0 Å². The zero-order valence-corrected chi connectivity index (χ0v) is 12.9. The molecule has 0 aliphatic rings. The summed E-state index contributed by atoms with van der Waals surface area (Å²) in [7, 11) is 1.71. The summed E-state index contributed by atoms with van der Waals surface area (Å²) in [6.07, 6.45) is 0.386. The van der Waals surface area contributed by atoms with Crippen LogP contribution in [0.5, 0.6) is 0 Å². The van der Waals surface area contributed by atoms with E-state index >= 15 is 0 Å². The third-order valence-corrected chi connectivity index (χ3v) is 3.34. The number of carbonyl (C=O) groups excluding carboxylic acids is 2. The van der Waals surface area contributed by atoms with Crippen molar-refractivity contribution < 1.29 is 9.59 Å². The molecule has 5 nitrogen and oxygen atoms in total. The van der Waals surface area contributed by atoms with E-state index < -0.39 is 5.54 Å². The molecule has 0 fully saturated rings. The van der Waals surface area contributed by atoms with Gasteiger partial charge < -0.3 is 16.0 Å². The van der Waals surface area contributed by atoms with Gasteiger partial charge in [0.05, 0.1) is 16.2 Å². The third-order valence-electron chi connectivity index (χ3n) is 3.01. The van der Waals surface area contributed by atoms with E-state index in [1.165, 1.54) is 0 Å². The zero-order chi connectivity index (χ0) is 15.3. The fraction of sp³-hybridized carbons (Fsp3) is 0.429. The number of hydrogen-bond donors (Lipinski definition) is 3. The largest absolute Gasteiger partial charge is 0.326 e. The van der Waals surface area contributed by atoms with Crippen LogP contribution in [0.15, 0.2) is 18.2 Å². The van der Waals surface area contributed by atoms with Gasteiger partial charge >= 0.3 is 0 Å². The van der Waals surface area contributed by atoms with Crippen molar-refractivity contribution in [3.05, 3.63) is 23.2 Å². The predicted octanol–water partition coefficient (Wildman–Crippen LogP) is 2.63. The van der Waals surface area contributed by atoms with Crippen LogP contribution in [0.1, 0.15) is 27.2 Å². The second-order valence-electron chi connectivity index (χ2n) is 4.93. The highest BCUT2D eigenvalue weighted by Crippen LogP contribution is 2.26. The molecular formula is C14H20ClN3O2. The van der Waals surface area contributed by atoms with Gasteiger partial charge in [-0.1, -0.05) is 18.5 Å². The molecule has 0 saturated heterocycles. The summed E-state index contributed by atoms with van der Waals surface area (Å²) in [5.74, 6) is -0.305. The Morgan fingerprint density at radius 2 is 1.90 bits per heavy atom. The monoisotopic (exact) mass is 297 g/mol. The van der Waals surface area contributed by atoms with Crippen LogP contribution in [0.2, 0.25) is 5.02 Å². The number of carbonyl (C=O) groups is 2. The first kappa shape index (κ1) is 16.5. The Bertz CT molecular complexity index is 515. The maximum Gasteiger partial charge on any atom is 0.244 e. The van der Waals surface area contributed by atoms with Crippen LogP contribution in [-0.2, 0) is 9.59 Å². The first-order chi connectivity index (χ1) is 9.30. The maximum absolute atomic E-state index is 12.1. The van der Waals surface area contributed by atoms with Crippen LogP contribution in [-0.4, -0.2) is 24.4 Å². The van der Waals surface area contributed by atoms with Crippen LogP contribution in [0, 0.1) is 0 Å². The van der Waals surface area contributed by atoms with Gasteiger partial charge in [-0.05, 0) is 39.1 Å². The molecule has 0 bridgehead atoms. The summed E-state index contributed by atoms with van der Waals surface area (Å²) in [5, 5.41) is 8.80. The predicted molar refractivity (Wildman–Crippen MR) is 82.1 cm³/mol. The summed E-state index contributed by atoms with van der Waals surface area (Å²) in [6, 6.07) is 4.96. The number of likely N-dealkylation sites (N-methyl/N-ethyl adjacent to an activating group) is 1. The van der Waals surface area contributed by atoms with Crippen molar-refractivity contribution in [2.24, 2.45) is 0 Å². The van der Waals surface area contributed by atoms with Gasteiger partial charge in [0, 0.05) is 12.1 Å². The van der Waals surface area contributed by atoms with E-state index in [2.05, 4.69) is 16.0 Å². The van der Waals surface area contributed by atoms with Crippen LogP contribution < -0.4 is 16.0 Å². The second kappa shape index (κ2) is 6.72. The number of benzene rings is 1. The van der Waals surface area contributed by atoms with Gasteiger partial charge in [-0.3, -0.25) is 9.59 Å². The lowest BCUT2D eigenvalue weighted by Gasteiger charge is -2.23. The molecule has 0 aliphatic carbocycles. The highest BCUT2D eigenvalue weighted by molar-refractivity contribution is 6.34. The minimum absolute atomic E-state index is 0.0971. The standard InChI is InChI=1S/C14H20ClN3O2/c1-5-12(19)17-9-6-7-10(15)11(8-9)18-13(20)14(2,3)16-4/h6-8,16H,5H2,1-4H3,(H,17,19)(H,18,20). The van der Waals surface area contributed by atoms with E-state index in [0.29, 0.717) is 22.8 Å². The Kier molecular flexibility index (Phi) is 5.53. The molecule has 0 spiro atoms. The third kappa shape index (κ3) is 4.21. The average molecular weight is 298 g/mol. The van der Waals surface area contributed by atoms with Crippen LogP contribution in [0.4, 0.5) is 11.4 Å². The fourth-order valence-corrected chi connectivity index (χ4v) is 1.51. The van der Waals surface area contributed by atoms with Crippen LogP contribution in [0.25, 0.3) is 0 Å². The highest BCUT2D eigenvalue weighted by Gasteiger charge is 2.25. The van der Waals surface area contributed by atoms with E-state index in [9.17, 15) is 9.59 Å². The molecule has 0 unspecified atom stereocenters. The lowest BCUT2D eigenvalue weighted by Crippen LogP contribution is -2.47. The summed E-state index contributed by atoms with van der Waals surface area (Å²) in [6.45, 7) is 5.29. The van der Waals surface area contributed by atoms with Crippen molar-refractivity contribution in [2.75, 3.05) is 17.7 Å². The molecule has 0 atom stereocenters. The van der Waals surface area contributed by atoms with Crippen molar-refractivity contribution in [3.8, 4) is 0 Å². The molecule has 3 N–H and O–H groups in total. The molecule has 2 amide bonds. The number of anilines is 2. The number of halogens is 1. The molecule has 20 heavy (non-hydrogen) atoms. The van der Waals surface area contributed by atoms with Crippen molar-refractivity contribution in [2.45, 2.75) is 32.7 Å². The molecule has 0 saturated carbocycles. The number of rotatable bonds is 5. The Labute approximate surface area is 124 Å². The molecule has 0 aliphatic heterocycles. The summed E-state index contributed by atoms with van der Waals surface area (Å²) in [4.78, 5) is 23.5. The summed E-state index contributed by atoms with van der Waals surface area (Å²) >= 11 is 6.06. The molecule has 1 rings (SSSR count). The second-order valence-corrected chi connectivity index (χ2v) is 5.33. The summed E-state index contributed by atoms with van der Waals surface area (Å²) in [5.41, 5.74) is 0.346. The normalized spacial score (nSPS) is 11.1. The molecule has 6 heteroatoms. The fourth-order valence-electron chi connectivity index (χ4n) is 1.34. The molecular weight excluding hydrogens is 278 g/mol. The number of amides is 2.